The molecule has 56 heavy (non-hydrogen) atoms. The summed E-state index contributed by atoms with van der Waals surface area (Å²) in [5, 5.41) is 8.98. The Morgan fingerprint density at radius 2 is 1.66 bits per heavy atom. The highest BCUT2D eigenvalue weighted by Gasteiger charge is 2.43. The van der Waals surface area contributed by atoms with Crippen molar-refractivity contribution in [2.75, 3.05) is 41.9 Å². The first-order chi connectivity index (χ1) is 26.4. The van der Waals surface area contributed by atoms with Gasteiger partial charge in [-0.15, -0.1) is 11.3 Å². The zero-order valence-electron chi connectivity index (χ0n) is 35.7. The van der Waals surface area contributed by atoms with Crippen molar-refractivity contribution < 1.29 is 28.7 Å². The molecule has 1 aliphatic heterocycles. The van der Waals surface area contributed by atoms with Gasteiger partial charge in [-0.1, -0.05) is 65.3 Å². The fourth-order valence-corrected chi connectivity index (χ4v) is 8.39. The van der Waals surface area contributed by atoms with Crippen molar-refractivity contribution in [3.63, 3.8) is 0 Å². The molecular weight excluding hydrogens is 749 g/mol. The number of nitrogens with zero attached hydrogens (tertiary/aromatic N) is 4. The zero-order valence-corrected chi connectivity index (χ0v) is 37.4. The summed E-state index contributed by atoms with van der Waals surface area (Å²) in [5.41, 5.74) is 1.38. The molecule has 12 nitrogen and oxygen atoms in total. The minimum Gasteiger partial charge on any atom is -0.379 e. The molecule has 14 heteroatoms. The van der Waals surface area contributed by atoms with E-state index in [-0.39, 0.29) is 54.0 Å². The molecule has 2 aromatic rings. The Hall–Kier alpha value is -3.04. The average molecular weight is 817 g/mol. The smallest absolute Gasteiger partial charge is 0.245 e. The summed E-state index contributed by atoms with van der Waals surface area (Å²) in [4.78, 5) is 65.7. The lowest BCUT2D eigenvalue weighted by atomic mass is 9.89. The van der Waals surface area contributed by atoms with Crippen molar-refractivity contribution in [1.82, 2.24) is 30.3 Å². The van der Waals surface area contributed by atoms with E-state index in [0.717, 1.165) is 29.0 Å². The third-order valence-corrected chi connectivity index (χ3v) is 13.1. The maximum Gasteiger partial charge on any atom is 0.245 e. The Morgan fingerprint density at radius 3 is 2.18 bits per heavy atom. The molecule has 1 saturated heterocycles. The number of carbonyl (C=O) groups excluding carboxylic acids is 4. The van der Waals surface area contributed by atoms with E-state index in [2.05, 4.69) is 54.2 Å². The van der Waals surface area contributed by atoms with Gasteiger partial charge >= 0.3 is 0 Å². The van der Waals surface area contributed by atoms with Gasteiger partial charge in [-0.25, -0.2) is 4.98 Å². The summed E-state index contributed by atoms with van der Waals surface area (Å²) >= 11 is 5.87. The van der Waals surface area contributed by atoms with E-state index >= 15 is 0 Å². The maximum absolute atomic E-state index is 14.3. The summed E-state index contributed by atoms with van der Waals surface area (Å²) in [7, 11) is 8.57. The van der Waals surface area contributed by atoms with Crippen molar-refractivity contribution >= 4 is 47.6 Å². The molecule has 0 radical (unpaired) electrons. The van der Waals surface area contributed by atoms with E-state index in [9.17, 15) is 19.2 Å². The Bertz CT molecular complexity index is 1550. The molecule has 8 atom stereocenters. The average Bonchev–Trinajstić information content (AvgIpc) is 3.90. The number of carbonyl (C=O) groups is 4. The van der Waals surface area contributed by atoms with Crippen molar-refractivity contribution in [1.29, 1.82) is 0 Å². The summed E-state index contributed by atoms with van der Waals surface area (Å²) < 4.78 is 12.1. The van der Waals surface area contributed by atoms with E-state index in [4.69, 9.17) is 9.47 Å². The third-order valence-electron chi connectivity index (χ3n) is 11.9. The molecule has 2 heterocycles. The molecule has 0 unspecified atom stereocenters. The first-order valence-electron chi connectivity index (χ1n) is 19.9. The Kier molecular flexibility index (Phi) is 18.3. The second kappa shape index (κ2) is 21.6. The highest BCUT2D eigenvalue weighted by Crippen LogP contribution is 2.31. The van der Waals surface area contributed by atoms with Gasteiger partial charge in [-0.05, 0) is 70.2 Å². The first-order valence-corrected chi connectivity index (χ1v) is 21.4. The van der Waals surface area contributed by atoms with Crippen LogP contribution in [0.5, 0.6) is 0 Å². The number of thiol groups is 1. The van der Waals surface area contributed by atoms with Gasteiger partial charge in [0.05, 0.1) is 48.2 Å². The van der Waals surface area contributed by atoms with Gasteiger partial charge in [0.25, 0.3) is 0 Å². The predicted octanol–water partition coefficient (Wildman–Crippen LogP) is 5.37. The maximum atomic E-state index is 14.3. The van der Waals surface area contributed by atoms with Crippen LogP contribution in [0.4, 0.5) is 0 Å². The molecule has 4 amide bonds. The van der Waals surface area contributed by atoms with Crippen LogP contribution in [-0.4, -0.2) is 121 Å². The van der Waals surface area contributed by atoms with Crippen LogP contribution in [0, 0.1) is 17.8 Å². The number of hydrogen-bond acceptors (Lipinski definition) is 10. The molecule has 0 saturated carbocycles. The topological polar surface area (TPSA) is 133 Å². The largest absolute Gasteiger partial charge is 0.379 e. The highest BCUT2D eigenvalue weighted by molar-refractivity contribution is 7.79. The van der Waals surface area contributed by atoms with Crippen molar-refractivity contribution in [3.05, 3.63) is 52.0 Å². The Balaban J connectivity index is 1.79. The molecule has 0 spiro atoms. The number of methoxy groups -OCH3 is 2. The fourth-order valence-electron chi connectivity index (χ4n) is 7.49. The molecule has 0 aliphatic carbocycles. The van der Waals surface area contributed by atoms with Gasteiger partial charge in [0.15, 0.2) is 0 Å². The lowest BCUT2D eigenvalue weighted by Gasteiger charge is -2.41. The third kappa shape index (κ3) is 11.8. The molecule has 1 aliphatic rings. The fraction of sp³-hybridized carbons (Fsp3) is 0.690. The van der Waals surface area contributed by atoms with E-state index < -0.39 is 35.7 Å². The number of hydrogen-bond donors (Lipinski definition) is 3. The van der Waals surface area contributed by atoms with Crippen LogP contribution in [0.25, 0.3) is 0 Å². The van der Waals surface area contributed by atoms with Crippen molar-refractivity contribution in [3.8, 4) is 0 Å². The normalized spacial score (nSPS) is 18.6. The standard InChI is InChI=1S/C42H68N6O6S2/c1-13-27(4)36(47(10)40(51)35(26(2)3)45-41(52)42(6,7)46(8)9)33(53-11)24-34(49)48-21-14-15-32(48)37(54-12)28(5)38(50)44-31(39-43-20-22-56-39)23-29-16-18-30(25-55)19-17-29/h16-20,22,26-28,31-33,35-37,55H,13-15,21,23-25H2,1-12H3,(H,44,50)(H,45,52)/t27-,28+,31-,32-,33+,35-,36-,37+/m0/s1. The Morgan fingerprint density at radius 1 is 1.02 bits per heavy atom. The van der Waals surface area contributed by atoms with Gasteiger partial charge < -0.3 is 29.9 Å². The van der Waals surface area contributed by atoms with Gasteiger partial charge in [-0.2, -0.15) is 12.6 Å². The SMILES string of the molecule is CC[C@H](C)[C@@H]([C@@H](CC(=O)N1CCC[C@H]1[C@H](OC)[C@@H](C)C(=O)N[C@@H](Cc1ccc(CS)cc1)c1nccs1)OC)N(C)C(=O)[C@@H](NC(=O)C(C)(C)N(C)C)C(C)C. The van der Waals surface area contributed by atoms with Gasteiger partial charge in [0.2, 0.25) is 23.6 Å². The molecule has 314 valence electrons. The molecular formula is C42H68N6O6S2. The van der Waals surface area contributed by atoms with E-state index in [0.29, 0.717) is 25.1 Å². The first kappa shape index (κ1) is 47.3. The zero-order chi connectivity index (χ0) is 41.9. The van der Waals surface area contributed by atoms with Gasteiger partial charge in [-0.3, -0.25) is 24.1 Å². The van der Waals surface area contributed by atoms with E-state index in [1.165, 1.54) is 11.3 Å². The number of likely N-dealkylation sites (N-methyl/N-ethyl adjacent to an activating group) is 2. The van der Waals surface area contributed by atoms with Crippen molar-refractivity contribution in [2.45, 2.75) is 128 Å². The summed E-state index contributed by atoms with van der Waals surface area (Å²) in [6, 6.07) is 6.35. The molecule has 3 rings (SSSR count). The number of benzene rings is 1. The summed E-state index contributed by atoms with van der Waals surface area (Å²) in [6.45, 7) is 14.0. The van der Waals surface area contributed by atoms with Crippen LogP contribution in [0.3, 0.4) is 0 Å². The quantitative estimate of drug-likeness (QED) is 0.143. The Labute approximate surface area is 345 Å². The second-order valence-electron chi connectivity index (χ2n) is 16.3. The van der Waals surface area contributed by atoms with Crippen LogP contribution in [-0.2, 0) is 40.8 Å². The lowest BCUT2D eigenvalue weighted by molar-refractivity contribution is -0.148. The van der Waals surface area contributed by atoms with Crippen LogP contribution < -0.4 is 10.6 Å². The number of likely N-dealkylation sites (tertiary alicyclic amines) is 1. The predicted molar refractivity (Wildman–Crippen MR) is 226 cm³/mol. The number of amides is 4. The molecule has 0 bridgehead atoms. The van der Waals surface area contributed by atoms with Crippen LogP contribution >= 0.6 is 24.0 Å². The number of aromatic nitrogens is 1. The van der Waals surface area contributed by atoms with Crippen LogP contribution in [0.2, 0.25) is 0 Å². The highest BCUT2D eigenvalue weighted by atomic mass is 32.1. The molecule has 1 aromatic carbocycles. The van der Waals surface area contributed by atoms with E-state index in [1.807, 2.05) is 76.0 Å². The number of nitrogens with one attached hydrogen (secondary N) is 2. The number of ether oxygens (including phenoxy) is 2. The van der Waals surface area contributed by atoms with Crippen molar-refractivity contribution in [2.24, 2.45) is 17.8 Å². The summed E-state index contributed by atoms with van der Waals surface area (Å²) in [5.74, 6) is -0.861. The van der Waals surface area contributed by atoms with E-state index in [1.54, 1.807) is 32.4 Å². The van der Waals surface area contributed by atoms with Gasteiger partial charge in [0.1, 0.15) is 11.0 Å². The summed E-state index contributed by atoms with van der Waals surface area (Å²) in [6.07, 6.45) is 3.42. The molecule has 1 fully saturated rings. The second-order valence-corrected chi connectivity index (χ2v) is 17.6. The van der Waals surface area contributed by atoms with Crippen LogP contribution in [0.1, 0.15) is 96.3 Å². The minimum absolute atomic E-state index is 0.0139. The monoisotopic (exact) mass is 816 g/mol. The number of thiazole rings is 1. The lowest BCUT2D eigenvalue weighted by Crippen LogP contribution is -2.61. The molecule has 2 N–H and O–H groups in total. The van der Waals surface area contributed by atoms with Crippen LogP contribution in [0.15, 0.2) is 35.8 Å². The van der Waals surface area contributed by atoms with Gasteiger partial charge in [0, 0.05) is 45.1 Å². The minimum atomic E-state index is -0.823. The number of rotatable bonds is 21. The molecule has 1 aromatic heterocycles.